The molecule has 0 atom stereocenters. The molecule has 0 amide bonds. The van der Waals surface area contributed by atoms with Crippen LogP contribution in [0.5, 0.6) is 0 Å². The lowest BCUT2D eigenvalue weighted by Gasteiger charge is -2.32. The molecule has 3 aromatic rings. The molecule has 1 fully saturated rings. The molecule has 29 heavy (non-hydrogen) atoms. The van der Waals surface area contributed by atoms with Crippen LogP contribution < -0.4 is 0 Å². The Bertz CT molecular complexity index is 925. The van der Waals surface area contributed by atoms with Gasteiger partial charge in [-0.1, -0.05) is 42.0 Å². The third kappa shape index (κ3) is 4.88. The first kappa shape index (κ1) is 20.1. The highest BCUT2D eigenvalue weighted by Crippen LogP contribution is 2.30. The fourth-order valence-electron chi connectivity index (χ4n) is 4.51. The standard InChI is InChI=1S/C25H33N3O/c1-3-29-18-17-28-24-10-5-4-9-23(24)26-25(28)22-12-15-27(16-13-22)14-11-21-8-6-7-20(2)19-21/h4-10,19,22H,3,11-18H2,1-2H3. The molecule has 1 saturated heterocycles. The Kier molecular flexibility index (Phi) is 6.63. The minimum Gasteiger partial charge on any atom is -0.380 e. The molecule has 2 aromatic carbocycles. The van der Waals surface area contributed by atoms with Gasteiger partial charge in [0.15, 0.2) is 0 Å². The average molecular weight is 392 g/mol. The summed E-state index contributed by atoms with van der Waals surface area (Å²) >= 11 is 0. The van der Waals surface area contributed by atoms with E-state index in [1.807, 2.05) is 0 Å². The van der Waals surface area contributed by atoms with Crippen molar-refractivity contribution in [3.63, 3.8) is 0 Å². The second-order valence-corrected chi connectivity index (χ2v) is 8.16. The van der Waals surface area contributed by atoms with E-state index in [-0.39, 0.29) is 0 Å². The van der Waals surface area contributed by atoms with Gasteiger partial charge in [0.05, 0.1) is 17.6 Å². The molecule has 4 heteroatoms. The smallest absolute Gasteiger partial charge is 0.113 e. The van der Waals surface area contributed by atoms with Crippen molar-refractivity contribution in [1.82, 2.24) is 14.5 Å². The van der Waals surface area contributed by atoms with Gasteiger partial charge in [-0.05, 0) is 63.9 Å². The van der Waals surface area contributed by atoms with E-state index in [9.17, 15) is 0 Å². The number of likely N-dealkylation sites (tertiary alicyclic amines) is 1. The predicted molar refractivity (Wildman–Crippen MR) is 120 cm³/mol. The number of rotatable bonds is 8. The van der Waals surface area contributed by atoms with Gasteiger partial charge in [0, 0.05) is 25.6 Å². The average Bonchev–Trinajstić information content (AvgIpc) is 3.12. The summed E-state index contributed by atoms with van der Waals surface area (Å²) in [7, 11) is 0. The Morgan fingerprint density at radius 2 is 1.86 bits per heavy atom. The third-order valence-corrected chi connectivity index (χ3v) is 6.10. The van der Waals surface area contributed by atoms with Gasteiger partial charge >= 0.3 is 0 Å². The molecule has 1 aromatic heterocycles. The Morgan fingerprint density at radius 3 is 2.66 bits per heavy atom. The van der Waals surface area contributed by atoms with Crippen LogP contribution in [-0.2, 0) is 17.7 Å². The number of piperidine rings is 1. The fourth-order valence-corrected chi connectivity index (χ4v) is 4.51. The Balaban J connectivity index is 1.40. The molecule has 0 aliphatic carbocycles. The van der Waals surface area contributed by atoms with Crippen LogP contribution in [0.1, 0.15) is 42.6 Å². The topological polar surface area (TPSA) is 30.3 Å². The second kappa shape index (κ2) is 9.55. The number of aryl methyl sites for hydroxylation is 1. The number of nitrogens with zero attached hydrogens (tertiary/aromatic N) is 3. The lowest BCUT2D eigenvalue weighted by atomic mass is 9.95. The minimum absolute atomic E-state index is 0.541. The molecule has 1 aliphatic heterocycles. The monoisotopic (exact) mass is 391 g/mol. The van der Waals surface area contributed by atoms with Crippen LogP contribution in [0.3, 0.4) is 0 Å². The highest BCUT2D eigenvalue weighted by molar-refractivity contribution is 5.76. The molecule has 0 saturated carbocycles. The Hall–Kier alpha value is -2.17. The molecule has 0 spiro atoms. The van der Waals surface area contributed by atoms with Gasteiger partial charge in [0.25, 0.3) is 0 Å². The number of benzene rings is 2. The van der Waals surface area contributed by atoms with Crippen molar-refractivity contribution in [1.29, 1.82) is 0 Å². The van der Waals surface area contributed by atoms with Crippen LogP contribution in [0.25, 0.3) is 11.0 Å². The summed E-state index contributed by atoms with van der Waals surface area (Å²) in [4.78, 5) is 7.65. The van der Waals surface area contributed by atoms with Crippen LogP contribution in [-0.4, -0.2) is 47.3 Å². The highest BCUT2D eigenvalue weighted by Gasteiger charge is 2.25. The molecule has 0 unspecified atom stereocenters. The summed E-state index contributed by atoms with van der Waals surface area (Å²) in [5.74, 6) is 1.79. The largest absolute Gasteiger partial charge is 0.380 e. The molecule has 0 N–H and O–H groups in total. The van der Waals surface area contributed by atoms with Gasteiger partial charge < -0.3 is 14.2 Å². The summed E-state index contributed by atoms with van der Waals surface area (Å²) in [6, 6.07) is 17.4. The van der Waals surface area contributed by atoms with Gasteiger partial charge in [-0.15, -0.1) is 0 Å². The maximum atomic E-state index is 5.64. The van der Waals surface area contributed by atoms with E-state index < -0.39 is 0 Å². The number of imidazole rings is 1. The van der Waals surface area contributed by atoms with Crippen LogP contribution in [0, 0.1) is 6.92 Å². The van der Waals surface area contributed by atoms with E-state index in [0.29, 0.717) is 5.92 Å². The minimum atomic E-state index is 0.541. The van der Waals surface area contributed by atoms with E-state index >= 15 is 0 Å². The van der Waals surface area contributed by atoms with Gasteiger partial charge in [0.2, 0.25) is 0 Å². The number of hydrogen-bond acceptors (Lipinski definition) is 3. The zero-order valence-electron chi connectivity index (χ0n) is 17.8. The van der Waals surface area contributed by atoms with Crippen LogP contribution in [0.2, 0.25) is 0 Å². The van der Waals surface area contributed by atoms with E-state index in [0.717, 1.165) is 51.3 Å². The molecule has 0 bridgehead atoms. The number of ether oxygens (including phenoxy) is 1. The fraction of sp³-hybridized carbons (Fsp3) is 0.480. The first-order valence-electron chi connectivity index (χ1n) is 11.1. The summed E-state index contributed by atoms with van der Waals surface area (Å²) in [6.07, 6.45) is 3.51. The summed E-state index contributed by atoms with van der Waals surface area (Å²) in [5.41, 5.74) is 5.15. The third-order valence-electron chi connectivity index (χ3n) is 6.10. The molecule has 1 aliphatic rings. The molecule has 4 nitrogen and oxygen atoms in total. The zero-order chi connectivity index (χ0) is 20.1. The first-order valence-corrected chi connectivity index (χ1v) is 11.1. The van der Waals surface area contributed by atoms with Crippen LogP contribution in [0.4, 0.5) is 0 Å². The van der Waals surface area contributed by atoms with Crippen molar-refractivity contribution >= 4 is 11.0 Å². The summed E-state index contributed by atoms with van der Waals surface area (Å²) in [5, 5.41) is 0. The van der Waals surface area contributed by atoms with Gasteiger partial charge in [-0.2, -0.15) is 0 Å². The predicted octanol–water partition coefficient (Wildman–Crippen LogP) is 4.80. The number of para-hydroxylation sites is 2. The molecule has 4 rings (SSSR count). The van der Waals surface area contributed by atoms with Crippen molar-refractivity contribution in [3.8, 4) is 0 Å². The first-order chi connectivity index (χ1) is 14.2. The lowest BCUT2D eigenvalue weighted by Crippen LogP contribution is -2.35. The van der Waals surface area contributed by atoms with Crippen LogP contribution in [0.15, 0.2) is 48.5 Å². The highest BCUT2D eigenvalue weighted by atomic mass is 16.5. The second-order valence-electron chi connectivity index (χ2n) is 8.16. The summed E-state index contributed by atoms with van der Waals surface area (Å²) in [6.45, 7) is 10.1. The molecule has 2 heterocycles. The number of aromatic nitrogens is 2. The van der Waals surface area contributed by atoms with Crippen molar-refractivity contribution in [2.75, 3.05) is 32.8 Å². The van der Waals surface area contributed by atoms with Gasteiger partial charge in [-0.3, -0.25) is 0 Å². The number of fused-ring (bicyclic) bond motifs is 1. The Labute approximate surface area is 174 Å². The SMILES string of the molecule is CCOCCn1c(C2CCN(CCc3cccc(C)c3)CC2)nc2ccccc21. The van der Waals surface area contributed by atoms with Crippen molar-refractivity contribution in [2.24, 2.45) is 0 Å². The quantitative estimate of drug-likeness (QED) is 0.517. The van der Waals surface area contributed by atoms with Crippen molar-refractivity contribution < 1.29 is 4.74 Å². The number of hydrogen-bond donors (Lipinski definition) is 0. The van der Waals surface area contributed by atoms with E-state index in [4.69, 9.17) is 9.72 Å². The molecule has 0 radical (unpaired) electrons. The summed E-state index contributed by atoms with van der Waals surface area (Å²) < 4.78 is 8.04. The van der Waals surface area contributed by atoms with Crippen molar-refractivity contribution in [3.05, 3.63) is 65.5 Å². The molecular weight excluding hydrogens is 358 g/mol. The van der Waals surface area contributed by atoms with E-state index in [1.54, 1.807) is 0 Å². The maximum absolute atomic E-state index is 5.64. The lowest BCUT2D eigenvalue weighted by molar-refractivity contribution is 0.138. The maximum Gasteiger partial charge on any atom is 0.113 e. The van der Waals surface area contributed by atoms with Gasteiger partial charge in [-0.25, -0.2) is 4.98 Å². The van der Waals surface area contributed by atoms with Crippen LogP contribution >= 0.6 is 0 Å². The van der Waals surface area contributed by atoms with Crippen molar-refractivity contribution in [2.45, 2.75) is 45.6 Å². The normalized spacial score (nSPS) is 15.9. The van der Waals surface area contributed by atoms with Gasteiger partial charge in [0.1, 0.15) is 5.82 Å². The van der Waals surface area contributed by atoms with E-state index in [1.165, 1.54) is 35.3 Å². The molecule has 154 valence electrons. The molecular formula is C25H33N3O. The zero-order valence-corrected chi connectivity index (χ0v) is 17.8. The van der Waals surface area contributed by atoms with E-state index in [2.05, 4.69) is 71.8 Å². The Morgan fingerprint density at radius 1 is 1.03 bits per heavy atom.